The highest BCUT2D eigenvalue weighted by molar-refractivity contribution is 6.06. The van der Waals surface area contributed by atoms with E-state index in [1.165, 1.54) is 12.1 Å². The van der Waals surface area contributed by atoms with E-state index in [2.05, 4.69) is 20.0 Å². The van der Waals surface area contributed by atoms with E-state index in [0.29, 0.717) is 16.9 Å². The Labute approximate surface area is 153 Å². The predicted octanol–water partition coefficient (Wildman–Crippen LogP) is 3.23. The number of benzene rings is 1. The number of ether oxygens (including phenoxy) is 1. The summed E-state index contributed by atoms with van der Waals surface area (Å²) < 4.78 is 29.0. The lowest BCUT2D eigenvalue weighted by Crippen LogP contribution is -2.28. The van der Waals surface area contributed by atoms with E-state index in [1.54, 1.807) is 18.3 Å². The molecule has 2 heterocycles. The molecular weight excluding hydrogens is 354 g/mol. The van der Waals surface area contributed by atoms with Crippen molar-refractivity contribution in [1.82, 2.24) is 9.97 Å². The Kier molecular flexibility index (Phi) is 4.49. The minimum Gasteiger partial charge on any atom is -0.435 e. The minimum absolute atomic E-state index is 0.0292. The summed E-state index contributed by atoms with van der Waals surface area (Å²) >= 11 is 0. The molecule has 0 radical (unpaired) electrons. The zero-order valence-electron chi connectivity index (χ0n) is 14.3. The molecular formula is C19H18F2N4O2. The molecule has 0 spiro atoms. The van der Waals surface area contributed by atoms with Crippen LogP contribution in [0, 0.1) is 0 Å². The number of aromatic nitrogens is 2. The van der Waals surface area contributed by atoms with E-state index in [9.17, 15) is 13.6 Å². The highest BCUT2D eigenvalue weighted by atomic mass is 19.3. The van der Waals surface area contributed by atoms with Crippen molar-refractivity contribution in [3.05, 3.63) is 53.5 Å². The van der Waals surface area contributed by atoms with Gasteiger partial charge in [0.1, 0.15) is 11.4 Å². The largest absolute Gasteiger partial charge is 0.435 e. The predicted molar refractivity (Wildman–Crippen MR) is 97.1 cm³/mol. The van der Waals surface area contributed by atoms with Crippen LogP contribution >= 0.6 is 0 Å². The van der Waals surface area contributed by atoms with E-state index in [4.69, 9.17) is 5.73 Å². The van der Waals surface area contributed by atoms with Crippen molar-refractivity contribution in [3.8, 4) is 5.75 Å². The molecule has 0 bridgehead atoms. The van der Waals surface area contributed by atoms with Crippen molar-refractivity contribution in [2.45, 2.75) is 31.9 Å². The molecule has 27 heavy (non-hydrogen) atoms. The van der Waals surface area contributed by atoms with Gasteiger partial charge in [-0.1, -0.05) is 0 Å². The molecule has 1 unspecified atom stereocenters. The number of H-pyrrole nitrogens is 1. The number of hydrogen-bond acceptors (Lipinski definition) is 4. The first-order chi connectivity index (χ1) is 13.0. The molecule has 1 aliphatic rings. The topological polar surface area (TPSA) is 93.0 Å². The maximum absolute atomic E-state index is 12.5. The van der Waals surface area contributed by atoms with E-state index in [1.807, 2.05) is 6.07 Å². The van der Waals surface area contributed by atoms with E-state index in [0.717, 1.165) is 35.9 Å². The summed E-state index contributed by atoms with van der Waals surface area (Å²) in [4.78, 5) is 19.9. The molecule has 1 aliphatic carbocycles. The van der Waals surface area contributed by atoms with Crippen LogP contribution in [0.1, 0.15) is 28.2 Å². The summed E-state index contributed by atoms with van der Waals surface area (Å²) in [6.45, 7) is -2.90. The zero-order valence-corrected chi connectivity index (χ0v) is 14.3. The molecule has 6 nitrogen and oxygen atoms in total. The average Bonchev–Trinajstić information content (AvgIpc) is 3.04. The summed E-state index contributed by atoms with van der Waals surface area (Å²) in [7, 11) is 0. The third-order valence-electron chi connectivity index (χ3n) is 4.62. The SMILES string of the molecule is NC1CCc2ncc(NC(=O)c3cc4ccc(OC(F)F)cc4[nH]3)cc2C1. The minimum atomic E-state index is -2.90. The molecule has 1 atom stereocenters. The smallest absolute Gasteiger partial charge is 0.387 e. The number of anilines is 1. The van der Waals surface area contributed by atoms with Gasteiger partial charge in [0, 0.05) is 28.7 Å². The van der Waals surface area contributed by atoms with Crippen molar-refractivity contribution in [2.75, 3.05) is 5.32 Å². The molecule has 0 fully saturated rings. The first-order valence-electron chi connectivity index (χ1n) is 8.60. The second-order valence-electron chi connectivity index (χ2n) is 6.60. The number of hydrogen-bond donors (Lipinski definition) is 3. The standard InChI is InChI=1S/C19H18F2N4O2/c20-19(21)27-14-3-1-10-7-17(25-16(10)8-14)18(26)24-13-6-11-5-12(22)2-4-15(11)23-9-13/h1,3,6-9,12,19,25H,2,4-5,22H2,(H,24,26). The summed E-state index contributed by atoms with van der Waals surface area (Å²) in [5, 5.41) is 3.53. The normalized spacial score (nSPS) is 16.4. The third kappa shape index (κ3) is 3.75. The number of nitrogens with zero attached hydrogens (tertiary/aromatic N) is 1. The third-order valence-corrected chi connectivity index (χ3v) is 4.62. The van der Waals surface area contributed by atoms with Gasteiger partial charge in [-0.05, 0) is 49.1 Å². The molecule has 4 N–H and O–H groups in total. The number of amides is 1. The summed E-state index contributed by atoms with van der Waals surface area (Å²) in [5.41, 5.74) is 9.51. The molecule has 0 aliphatic heterocycles. The monoisotopic (exact) mass is 372 g/mol. The van der Waals surface area contributed by atoms with Crippen LogP contribution in [0.2, 0.25) is 0 Å². The summed E-state index contributed by atoms with van der Waals surface area (Å²) in [6.07, 6.45) is 4.13. The number of halogens is 2. The van der Waals surface area contributed by atoms with Gasteiger partial charge in [-0.2, -0.15) is 8.78 Å². The number of nitrogens with two attached hydrogens (primary N) is 1. The van der Waals surface area contributed by atoms with Crippen LogP contribution in [-0.4, -0.2) is 28.5 Å². The number of carbonyl (C=O) groups excluding carboxylic acids is 1. The van der Waals surface area contributed by atoms with Crippen LogP contribution in [0.25, 0.3) is 10.9 Å². The Morgan fingerprint density at radius 3 is 3.00 bits per heavy atom. The fourth-order valence-electron chi connectivity index (χ4n) is 3.32. The molecule has 4 rings (SSSR count). The van der Waals surface area contributed by atoms with Crippen molar-refractivity contribution >= 4 is 22.5 Å². The van der Waals surface area contributed by atoms with Gasteiger partial charge < -0.3 is 20.8 Å². The Hall–Kier alpha value is -3.00. The highest BCUT2D eigenvalue weighted by Crippen LogP contribution is 2.24. The van der Waals surface area contributed by atoms with Crippen molar-refractivity contribution in [2.24, 2.45) is 5.73 Å². The number of aromatic amines is 1. The molecule has 140 valence electrons. The number of alkyl halides is 2. The maximum atomic E-state index is 12.5. The van der Waals surface area contributed by atoms with Gasteiger partial charge in [-0.25, -0.2) is 0 Å². The van der Waals surface area contributed by atoms with Crippen LogP contribution in [0.5, 0.6) is 5.75 Å². The van der Waals surface area contributed by atoms with Gasteiger partial charge in [-0.15, -0.1) is 0 Å². The zero-order chi connectivity index (χ0) is 19.0. The Balaban J connectivity index is 1.53. The van der Waals surface area contributed by atoms with Crippen molar-refractivity contribution in [3.63, 3.8) is 0 Å². The Morgan fingerprint density at radius 1 is 1.33 bits per heavy atom. The molecule has 3 aromatic rings. The second-order valence-corrected chi connectivity index (χ2v) is 6.60. The van der Waals surface area contributed by atoms with Gasteiger partial charge in [0.2, 0.25) is 0 Å². The maximum Gasteiger partial charge on any atom is 0.387 e. The number of fused-ring (bicyclic) bond motifs is 2. The van der Waals surface area contributed by atoms with Crippen LogP contribution in [0.4, 0.5) is 14.5 Å². The molecule has 0 saturated heterocycles. The van der Waals surface area contributed by atoms with E-state index < -0.39 is 6.61 Å². The lowest BCUT2D eigenvalue weighted by atomic mass is 9.92. The molecule has 8 heteroatoms. The van der Waals surface area contributed by atoms with Gasteiger partial charge in [0.05, 0.1) is 11.9 Å². The van der Waals surface area contributed by atoms with Crippen molar-refractivity contribution < 1.29 is 18.3 Å². The van der Waals surface area contributed by atoms with Crippen LogP contribution in [0.15, 0.2) is 36.5 Å². The molecule has 0 saturated carbocycles. The lowest BCUT2D eigenvalue weighted by molar-refractivity contribution is -0.0497. The summed E-state index contributed by atoms with van der Waals surface area (Å²) in [6, 6.07) is 8.14. The second kappa shape index (κ2) is 6.96. The van der Waals surface area contributed by atoms with Gasteiger partial charge in [-0.3, -0.25) is 9.78 Å². The van der Waals surface area contributed by atoms with E-state index in [-0.39, 0.29) is 17.7 Å². The number of rotatable bonds is 4. The Morgan fingerprint density at radius 2 is 2.19 bits per heavy atom. The van der Waals surface area contributed by atoms with Crippen LogP contribution in [-0.2, 0) is 12.8 Å². The quantitative estimate of drug-likeness (QED) is 0.655. The van der Waals surface area contributed by atoms with Crippen LogP contribution < -0.4 is 15.8 Å². The first kappa shape index (κ1) is 17.4. The fourth-order valence-corrected chi connectivity index (χ4v) is 3.32. The average molecular weight is 372 g/mol. The Bertz CT molecular complexity index is 1000. The number of carbonyl (C=O) groups is 1. The van der Waals surface area contributed by atoms with Gasteiger partial charge in [0.15, 0.2) is 0 Å². The fraction of sp³-hybridized carbons (Fsp3) is 0.263. The summed E-state index contributed by atoms with van der Waals surface area (Å²) in [5.74, 6) is -0.314. The molecule has 1 amide bonds. The highest BCUT2D eigenvalue weighted by Gasteiger charge is 2.18. The number of aryl methyl sites for hydroxylation is 1. The van der Waals surface area contributed by atoms with Gasteiger partial charge >= 0.3 is 6.61 Å². The van der Waals surface area contributed by atoms with E-state index >= 15 is 0 Å². The number of pyridine rings is 1. The first-order valence-corrected chi connectivity index (χ1v) is 8.60. The number of nitrogens with one attached hydrogen (secondary N) is 2. The van der Waals surface area contributed by atoms with Gasteiger partial charge in [0.25, 0.3) is 5.91 Å². The molecule has 1 aromatic carbocycles. The van der Waals surface area contributed by atoms with Crippen LogP contribution in [0.3, 0.4) is 0 Å². The lowest BCUT2D eigenvalue weighted by Gasteiger charge is -2.21. The molecule has 2 aromatic heterocycles. The van der Waals surface area contributed by atoms with Crippen molar-refractivity contribution in [1.29, 1.82) is 0 Å².